The summed E-state index contributed by atoms with van der Waals surface area (Å²) in [7, 11) is 0. The van der Waals surface area contributed by atoms with Gasteiger partial charge in [0.2, 0.25) is 5.91 Å². The van der Waals surface area contributed by atoms with Gasteiger partial charge in [-0.2, -0.15) is 0 Å². The Morgan fingerprint density at radius 2 is 1.70 bits per heavy atom. The summed E-state index contributed by atoms with van der Waals surface area (Å²) in [5.74, 6) is -1.57. The van der Waals surface area contributed by atoms with E-state index in [9.17, 15) is 13.6 Å². The highest BCUT2D eigenvalue weighted by Gasteiger charge is 2.12. The molecule has 0 atom stereocenters. The molecule has 3 nitrogen and oxygen atoms in total. The van der Waals surface area contributed by atoms with Crippen molar-refractivity contribution in [2.45, 2.75) is 16.7 Å². The van der Waals surface area contributed by atoms with E-state index >= 15 is 0 Å². The highest BCUT2D eigenvalue weighted by molar-refractivity contribution is 7.99. The van der Waals surface area contributed by atoms with E-state index in [4.69, 9.17) is 5.73 Å². The number of nitrogens with one attached hydrogen (secondary N) is 1. The van der Waals surface area contributed by atoms with Gasteiger partial charge >= 0.3 is 0 Å². The van der Waals surface area contributed by atoms with Crippen LogP contribution in [-0.2, 0) is 4.79 Å². The summed E-state index contributed by atoms with van der Waals surface area (Å²) in [4.78, 5) is 11.4. The van der Waals surface area contributed by atoms with Crippen LogP contribution in [0.5, 0.6) is 0 Å². The molecule has 2 aromatic carbocycles. The van der Waals surface area contributed by atoms with Gasteiger partial charge in [-0.3, -0.25) is 4.79 Å². The van der Waals surface area contributed by atoms with Crippen LogP contribution in [0.2, 0.25) is 0 Å². The molecule has 6 heteroatoms. The van der Waals surface area contributed by atoms with E-state index in [2.05, 4.69) is 5.32 Å². The van der Waals surface area contributed by atoms with Crippen LogP contribution in [0.3, 0.4) is 0 Å². The Kier molecular flexibility index (Phi) is 4.24. The normalized spacial score (nSPS) is 10.3. The molecule has 0 fully saturated rings. The van der Waals surface area contributed by atoms with Crippen LogP contribution in [0.15, 0.2) is 46.2 Å². The molecule has 0 aromatic heterocycles. The van der Waals surface area contributed by atoms with Gasteiger partial charge in [0.1, 0.15) is 11.6 Å². The molecule has 20 heavy (non-hydrogen) atoms. The number of halogens is 2. The topological polar surface area (TPSA) is 55.1 Å². The van der Waals surface area contributed by atoms with Crippen LogP contribution in [0.25, 0.3) is 0 Å². The third-order valence-corrected chi connectivity index (χ3v) is 3.52. The molecule has 0 aliphatic heterocycles. The second kappa shape index (κ2) is 5.92. The molecule has 1 amide bonds. The molecule has 0 bridgehead atoms. The van der Waals surface area contributed by atoms with Gasteiger partial charge in [0, 0.05) is 23.2 Å². The fraction of sp³-hybridized carbons (Fsp3) is 0.0714. The van der Waals surface area contributed by atoms with Crippen molar-refractivity contribution in [1.82, 2.24) is 0 Å². The molecule has 0 saturated heterocycles. The van der Waals surface area contributed by atoms with Crippen molar-refractivity contribution in [1.29, 1.82) is 0 Å². The number of amides is 1. The molecule has 0 saturated carbocycles. The maximum absolute atomic E-state index is 13.7. The SMILES string of the molecule is CC(=O)Nc1ccc(Sc2c(F)cc(N)cc2F)cc1. The zero-order valence-corrected chi connectivity index (χ0v) is 11.4. The number of benzene rings is 2. The molecule has 2 aromatic rings. The first-order chi connectivity index (χ1) is 9.45. The molecule has 0 radical (unpaired) electrons. The number of rotatable bonds is 3. The van der Waals surface area contributed by atoms with Crippen molar-refractivity contribution < 1.29 is 13.6 Å². The van der Waals surface area contributed by atoms with Crippen molar-refractivity contribution in [2.24, 2.45) is 0 Å². The molecule has 0 unspecified atom stereocenters. The summed E-state index contributed by atoms with van der Waals surface area (Å²) in [6.45, 7) is 1.40. The predicted octanol–water partition coefficient (Wildman–Crippen LogP) is 3.66. The van der Waals surface area contributed by atoms with Crippen molar-refractivity contribution in [3.8, 4) is 0 Å². The molecular formula is C14H12F2N2OS. The van der Waals surface area contributed by atoms with Gasteiger partial charge < -0.3 is 11.1 Å². The lowest BCUT2D eigenvalue weighted by Gasteiger charge is -2.07. The van der Waals surface area contributed by atoms with Gasteiger partial charge in [-0.05, 0) is 36.4 Å². The Balaban J connectivity index is 2.20. The Bertz CT molecular complexity index is 621. The molecule has 3 N–H and O–H groups in total. The lowest BCUT2D eigenvalue weighted by atomic mass is 10.3. The zero-order valence-electron chi connectivity index (χ0n) is 10.6. The fourth-order valence-corrected chi connectivity index (χ4v) is 2.43. The maximum Gasteiger partial charge on any atom is 0.221 e. The van der Waals surface area contributed by atoms with Crippen LogP contribution < -0.4 is 11.1 Å². The summed E-state index contributed by atoms with van der Waals surface area (Å²) in [5.41, 5.74) is 6.03. The first-order valence-electron chi connectivity index (χ1n) is 5.76. The summed E-state index contributed by atoms with van der Waals surface area (Å²) < 4.78 is 27.3. The van der Waals surface area contributed by atoms with Gasteiger partial charge in [0.15, 0.2) is 0 Å². The molecular weight excluding hydrogens is 282 g/mol. The van der Waals surface area contributed by atoms with E-state index in [1.54, 1.807) is 24.3 Å². The van der Waals surface area contributed by atoms with Gasteiger partial charge in [-0.25, -0.2) is 8.78 Å². The standard InChI is InChI=1S/C14H12F2N2OS/c1-8(19)18-10-2-4-11(5-3-10)20-14-12(15)6-9(17)7-13(14)16/h2-7H,17H2,1H3,(H,18,19). The van der Waals surface area contributed by atoms with Gasteiger partial charge in [-0.15, -0.1) is 0 Å². The molecule has 0 aliphatic rings. The number of hydrogen-bond donors (Lipinski definition) is 2. The molecule has 0 heterocycles. The number of nitrogen functional groups attached to an aromatic ring is 1. The van der Waals surface area contributed by atoms with E-state index in [1.807, 2.05) is 0 Å². The quantitative estimate of drug-likeness (QED) is 0.849. The Hall–Kier alpha value is -2.08. The largest absolute Gasteiger partial charge is 0.399 e. The van der Waals surface area contributed by atoms with Crippen molar-refractivity contribution in [3.63, 3.8) is 0 Å². The van der Waals surface area contributed by atoms with E-state index in [0.29, 0.717) is 10.6 Å². The van der Waals surface area contributed by atoms with Crippen molar-refractivity contribution in [2.75, 3.05) is 11.1 Å². The van der Waals surface area contributed by atoms with E-state index in [1.165, 1.54) is 6.92 Å². The van der Waals surface area contributed by atoms with Crippen molar-refractivity contribution in [3.05, 3.63) is 48.0 Å². The van der Waals surface area contributed by atoms with Crippen LogP contribution in [0.1, 0.15) is 6.92 Å². The summed E-state index contributed by atoms with van der Waals surface area (Å²) in [6, 6.07) is 8.83. The number of nitrogens with two attached hydrogens (primary N) is 1. The van der Waals surface area contributed by atoms with Gasteiger partial charge in [-0.1, -0.05) is 11.8 Å². The van der Waals surface area contributed by atoms with Crippen molar-refractivity contribution >= 4 is 29.0 Å². The minimum atomic E-state index is -0.696. The zero-order chi connectivity index (χ0) is 14.7. The van der Waals surface area contributed by atoms with Crippen LogP contribution in [-0.4, -0.2) is 5.91 Å². The van der Waals surface area contributed by atoms with Crippen LogP contribution >= 0.6 is 11.8 Å². The fourth-order valence-electron chi connectivity index (χ4n) is 1.60. The van der Waals surface area contributed by atoms with Crippen LogP contribution in [0.4, 0.5) is 20.2 Å². The summed E-state index contributed by atoms with van der Waals surface area (Å²) >= 11 is 0.959. The summed E-state index contributed by atoms with van der Waals surface area (Å²) in [5, 5.41) is 2.61. The van der Waals surface area contributed by atoms with E-state index < -0.39 is 11.6 Å². The average molecular weight is 294 g/mol. The molecule has 2 rings (SSSR count). The molecule has 104 valence electrons. The molecule has 0 spiro atoms. The Morgan fingerprint density at radius 1 is 1.15 bits per heavy atom. The smallest absolute Gasteiger partial charge is 0.221 e. The number of carbonyl (C=O) groups is 1. The Morgan fingerprint density at radius 3 is 2.20 bits per heavy atom. The van der Waals surface area contributed by atoms with Gasteiger partial charge in [0.05, 0.1) is 4.90 Å². The Labute approximate surface area is 119 Å². The number of carbonyl (C=O) groups excluding carboxylic acids is 1. The lowest BCUT2D eigenvalue weighted by molar-refractivity contribution is -0.114. The monoisotopic (exact) mass is 294 g/mol. The minimum absolute atomic E-state index is 0.0466. The average Bonchev–Trinajstić information content (AvgIpc) is 2.35. The number of anilines is 2. The first-order valence-corrected chi connectivity index (χ1v) is 6.57. The maximum atomic E-state index is 13.7. The highest BCUT2D eigenvalue weighted by atomic mass is 32.2. The second-order valence-corrected chi connectivity index (χ2v) is 5.21. The second-order valence-electron chi connectivity index (χ2n) is 4.12. The minimum Gasteiger partial charge on any atom is -0.399 e. The van der Waals surface area contributed by atoms with E-state index in [0.717, 1.165) is 23.9 Å². The first kappa shape index (κ1) is 14.3. The summed E-state index contributed by atoms with van der Waals surface area (Å²) in [6.07, 6.45) is 0. The third-order valence-electron chi connectivity index (χ3n) is 2.42. The van der Waals surface area contributed by atoms with Gasteiger partial charge in [0.25, 0.3) is 0 Å². The molecule has 0 aliphatic carbocycles. The third kappa shape index (κ3) is 3.48. The predicted molar refractivity (Wildman–Crippen MR) is 75.6 cm³/mol. The number of hydrogen-bond acceptors (Lipinski definition) is 3. The van der Waals surface area contributed by atoms with Crippen LogP contribution in [0, 0.1) is 11.6 Å². The lowest BCUT2D eigenvalue weighted by Crippen LogP contribution is -2.05. The highest BCUT2D eigenvalue weighted by Crippen LogP contribution is 2.33. The van der Waals surface area contributed by atoms with E-state index in [-0.39, 0.29) is 16.5 Å².